The number of nitrogens with one attached hydrogen (secondary N) is 2. The fraction of sp³-hybridized carbons (Fsp3) is 0.500. The first-order valence-electron chi connectivity index (χ1n) is 10.6. The van der Waals surface area contributed by atoms with E-state index in [0.717, 1.165) is 50.9 Å². The van der Waals surface area contributed by atoms with E-state index in [0.29, 0.717) is 23.6 Å². The van der Waals surface area contributed by atoms with Crippen LogP contribution in [-0.4, -0.2) is 57.4 Å². The van der Waals surface area contributed by atoms with Gasteiger partial charge in [-0.2, -0.15) is 0 Å². The van der Waals surface area contributed by atoms with E-state index in [9.17, 15) is 9.90 Å². The van der Waals surface area contributed by atoms with Gasteiger partial charge in [-0.1, -0.05) is 31.0 Å². The first-order valence-corrected chi connectivity index (χ1v) is 10.6. The second kappa shape index (κ2) is 9.33. The normalized spacial score (nSPS) is 23.5. The third-order valence-corrected chi connectivity index (χ3v) is 5.97. The average molecular weight is 396 g/mol. The van der Waals surface area contributed by atoms with E-state index >= 15 is 0 Å². The number of hydrogen-bond donors (Lipinski definition) is 3. The van der Waals surface area contributed by atoms with Crippen molar-refractivity contribution in [3.8, 4) is 0 Å². The van der Waals surface area contributed by atoms with E-state index in [2.05, 4.69) is 25.7 Å². The Morgan fingerprint density at radius 2 is 1.72 bits per heavy atom. The molecule has 2 heterocycles. The molecule has 7 nitrogen and oxygen atoms in total. The van der Waals surface area contributed by atoms with Crippen LogP contribution in [0.5, 0.6) is 0 Å². The van der Waals surface area contributed by atoms with Gasteiger partial charge in [0.2, 0.25) is 0 Å². The Kier molecular flexibility index (Phi) is 6.36. The van der Waals surface area contributed by atoms with Crippen molar-refractivity contribution < 1.29 is 9.90 Å². The number of amides is 1. The Hall–Kier alpha value is -2.51. The van der Waals surface area contributed by atoms with Gasteiger partial charge in [0.05, 0.1) is 6.10 Å². The summed E-state index contributed by atoms with van der Waals surface area (Å²) in [5.41, 5.74) is 1.02. The number of aliphatic hydroxyl groups excluding tert-OH is 1. The summed E-state index contributed by atoms with van der Waals surface area (Å²) in [7, 11) is 0. The first-order chi connectivity index (χ1) is 14.2. The van der Waals surface area contributed by atoms with E-state index in [1.165, 1.54) is 6.42 Å². The summed E-state index contributed by atoms with van der Waals surface area (Å²) in [5, 5.41) is 24.8. The summed E-state index contributed by atoms with van der Waals surface area (Å²) in [6.07, 6.45) is 6.27. The highest BCUT2D eigenvalue weighted by molar-refractivity contribution is 6.02. The largest absolute Gasteiger partial charge is 0.391 e. The number of likely N-dealkylation sites (tertiary alicyclic amines) is 1. The van der Waals surface area contributed by atoms with Crippen molar-refractivity contribution in [2.75, 3.05) is 23.7 Å². The number of benzene rings is 1. The first kappa shape index (κ1) is 19.8. The topological polar surface area (TPSA) is 90.4 Å². The molecule has 2 unspecified atom stereocenters. The van der Waals surface area contributed by atoms with Gasteiger partial charge in [-0.15, -0.1) is 10.2 Å². The molecule has 1 saturated carbocycles. The van der Waals surface area contributed by atoms with E-state index in [4.69, 9.17) is 0 Å². The van der Waals surface area contributed by atoms with Crippen molar-refractivity contribution in [3.05, 3.63) is 48.2 Å². The average Bonchev–Trinajstić information content (AvgIpc) is 2.76. The number of nitrogens with zero attached hydrogens (tertiary/aromatic N) is 3. The van der Waals surface area contributed by atoms with E-state index < -0.39 is 0 Å². The van der Waals surface area contributed by atoms with Crippen LogP contribution in [0.2, 0.25) is 0 Å². The van der Waals surface area contributed by atoms with Gasteiger partial charge in [0.25, 0.3) is 5.91 Å². The molecule has 2 aromatic rings. The molecule has 2 aliphatic rings. The molecule has 7 heteroatoms. The number of rotatable bonds is 5. The van der Waals surface area contributed by atoms with Crippen LogP contribution >= 0.6 is 0 Å². The highest BCUT2D eigenvalue weighted by Crippen LogP contribution is 2.26. The number of hydrogen-bond acceptors (Lipinski definition) is 6. The van der Waals surface area contributed by atoms with Crippen LogP contribution < -0.4 is 10.6 Å². The van der Waals surface area contributed by atoms with Gasteiger partial charge < -0.3 is 15.7 Å². The monoisotopic (exact) mass is 395 g/mol. The van der Waals surface area contributed by atoms with Crippen LogP contribution in [0.1, 0.15) is 49.0 Å². The minimum absolute atomic E-state index is 0.172. The number of aromatic nitrogens is 2. The van der Waals surface area contributed by atoms with Crippen molar-refractivity contribution in [2.24, 2.45) is 0 Å². The molecule has 4 rings (SSSR count). The lowest BCUT2D eigenvalue weighted by atomic mass is 9.89. The maximum absolute atomic E-state index is 12.3. The van der Waals surface area contributed by atoms with Crippen molar-refractivity contribution in [1.29, 1.82) is 0 Å². The number of aliphatic hydroxyl groups is 1. The van der Waals surface area contributed by atoms with Crippen LogP contribution in [0.25, 0.3) is 0 Å². The second-order valence-corrected chi connectivity index (χ2v) is 8.00. The van der Waals surface area contributed by atoms with E-state index in [-0.39, 0.29) is 12.0 Å². The molecule has 29 heavy (non-hydrogen) atoms. The fourth-order valence-electron chi connectivity index (χ4n) is 4.35. The molecule has 1 aliphatic carbocycles. The van der Waals surface area contributed by atoms with Gasteiger partial charge in [-0.05, 0) is 49.9 Å². The van der Waals surface area contributed by atoms with Gasteiger partial charge in [-0.3, -0.25) is 9.69 Å². The smallest absolute Gasteiger partial charge is 0.276 e. The minimum Gasteiger partial charge on any atom is -0.391 e. The summed E-state index contributed by atoms with van der Waals surface area (Å²) in [6, 6.07) is 13.5. The van der Waals surface area contributed by atoms with Gasteiger partial charge in [0, 0.05) is 30.9 Å². The lowest BCUT2D eigenvalue weighted by Gasteiger charge is -2.41. The van der Waals surface area contributed by atoms with Gasteiger partial charge in [0.1, 0.15) is 5.82 Å². The van der Waals surface area contributed by atoms with E-state index in [1.807, 2.05) is 36.4 Å². The molecular weight excluding hydrogens is 366 g/mol. The molecule has 0 spiro atoms. The highest BCUT2D eigenvalue weighted by Gasteiger charge is 2.31. The number of para-hydroxylation sites is 1. The number of piperidine rings is 1. The van der Waals surface area contributed by atoms with Crippen LogP contribution in [0, 0.1) is 0 Å². The number of anilines is 2. The number of carbonyl (C=O) groups excluding carboxylic acids is 1. The predicted octanol–water partition coefficient (Wildman–Crippen LogP) is 2.91. The highest BCUT2D eigenvalue weighted by atomic mass is 16.3. The number of carbonyl (C=O) groups is 1. The molecule has 3 N–H and O–H groups in total. The zero-order valence-corrected chi connectivity index (χ0v) is 16.6. The summed E-state index contributed by atoms with van der Waals surface area (Å²) in [6.45, 7) is 1.98. The fourth-order valence-corrected chi connectivity index (χ4v) is 4.35. The molecule has 1 amide bonds. The summed E-state index contributed by atoms with van der Waals surface area (Å²) < 4.78 is 0. The molecule has 0 radical (unpaired) electrons. The van der Waals surface area contributed by atoms with Crippen molar-refractivity contribution in [3.63, 3.8) is 0 Å². The van der Waals surface area contributed by atoms with Gasteiger partial charge in [-0.25, -0.2) is 0 Å². The summed E-state index contributed by atoms with van der Waals surface area (Å²) >= 11 is 0. The van der Waals surface area contributed by atoms with Crippen LogP contribution in [0.4, 0.5) is 11.5 Å². The maximum atomic E-state index is 12.3. The summed E-state index contributed by atoms with van der Waals surface area (Å²) in [5.74, 6) is 0.423. The Balaban J connectivity index is 1.27. The zero-order chi connectivity index (χ0) is 20.1. The van der Waals surface area contributed by atoms with Gasteiger partial charge >= 0.3 is 0 Å². The van der Waals surface area contributed by atoms with Crippen molar-refractivity contribution in [1.82, 2.24) is 15.1 Å². The quantitative estimate of drug-likeness (QED) is 0.721. The Morgan fingerprint density at radius 1 is 0.966 bits per heavy atom. The third kappa shape index (κ3) is 5.10. The van der Waals surface area contributed by atoms with Crippen LogP contribution in [0.3, 0.4) is 0 Å². The standard InChI is InChI=1S/C22H29N5O2/c28-20-9-5-4-8-19(20)27-14-12-17(13-15-27)23-21-11-10-18(25-26-21)22(29)24-16-6-2-1-3-7-16/h1-3,6-7,10-11,17,19-20,28H,4-5,8-9,12-15H2,(H,23,26)(H,24,29). The molecule has 1 aromatic heterocycles. The molecule has 0 bridgehead atoms. The lowest BCUT2D eigenvalue weighted by Crippen LogP contribution is -2.50. The molecule has 1 aliphatic heterocycles. The van der Waals surface area contributed by atoms with Crippen molar-refractivity contribution in [2.45, 2.75) is 56.7 Å². The Bertz CT molecular complexity index is 791. The molecule has 2 atom stereocenters. The van der Waals surface area contributed by atoms with Crippen LogP contribution in [-0.2, 0) is 0 Å². The third-order valence-electron chi connectivity index (χ3n) is 5.97. The zero-order valence-electron chi connectivity index (χ0n) is 16.6. The lowest BCUT2D eigenvalue weighted by molar-refractivity contribution is 0.00992. The molecule has 1 aromatic carbocycles. The van der Waals surface area contributed by atoms with Crippen molar-refractivity contribution >= 4 is 17.4 Å². The maximum Gasteiger partial charge on any atom is 0.276 e. The Labute approximate surface area is 171 Å². The van der Waals surface area contributed by atoms with E-state index in [1.54, 1.807) is 6.07 Å². The molecule has 1 saturated heterocycles. The minimum atomic E-state index is -0.269. The van der Waals surface area contributed by atoms with Gasteiger partial charge in [0.15, 0.2) is 5.69 Å². The second-order valence-electron chi connectivity index (χ2n) is 8.00. The SMILES string of the molecule is O=C(Nc1ccccc1)c1ccc(NC2CCN(C3CCCCC3O)CC2)nn1. The van der Waals surface area contributed by atoms with Crippen LogP contribution in [0.15, 0.2) is 42.5 Å². The molecular formula is C22H29N5O2. The molecule has 154 valence electrons. The summed E-state index contributed by atoms with van der Waals surface area (Å²) in [4.78, 5) is 14.7. The molecule has 2 fully saturated rings. The Morgan fingerprint density at radius 3 is 2.41 bits per heavy atom. The predicted molar refractivity (Wildman–Crippen MR) is 113 cm³/mol.